The minimum absolute atomic E-state index is 0.209. The van der Waals surface area contributed by atoms with Gasteiger partial charge in [0, 0.05) is 5.56 Å². The van der Waals surface area contributed by atoms with E-state index in [0.29, 0.717) is 0 Å². The molecule has 1 aromatic rings. The maximum atomic E-state index is 5.71. The lowest BCUT2D eigenvalue weighted by molar-refractivity contribution is 0.240. The third-order valence-electron chi connectivity index (χ3n) is 2.04. The molecule has 0 saturated carbocycles. The molecule has 0 atom stereocenters. The second-order valence-electron chi connectivity index (χ2n) is 3.48. The van der Waals surface area contributed by atoms with Crippen LogP contribution in [0.4, 0.5) is 0 Å². The van der Waals surface area contributed by atoms with Crippen molar-refractivity contribution in [3.63, 3.8) is 0 Å². The molecule has 0 aromatic heterocycles. The molecular formula is C13H17O. The summed E-state index contributed by atoms with van der Waals surface area (Å²) in [6.45, 7) is 9.86. The number of benzene rings is 1. The first-order valence-corrected chi connectivity index (χ1v) is 5.00. The molecule has 0 aliphatic rings. The van der Waals surface area contributed by atoms with Crippen molar-refractivity contribution >= 4 is 0 Å². The molecular weight excluding hydrogens is 172 g/mol. The molecule has 1 radical (unpaired) electrons. The lowest BCUT2D eigenvalue weighted by atomic mass is 10.0. The Balaban J connectivity index is 3.08. The standard InChI is InChI=1S/C13H17O/c1-5-11-8-7-9-13(12(11)6-2)14-10(3)4/h7-10H,1,6H2,2-4H3. The molecule has 1 aromatic carbocycles. The summed E-state index contributed by atoms with van der Waals surface area (Å²) in [5, 5.41) is 0. The number of hydrogen-bond donors (Lipinski definition) is 0. The maximum absolute atomic E-state index is 5.71. The highest BCUT2D eigenvalue weighted by atomic mass is 16.5. The fraction of sp³-hybridized carbons (Fsp3) is 0.385. The second kappa shape index (κ2) is 4.85. The van der Waals surface area contributed by atoms with E-state index in [1.807, 2.05) is 32.0 Å². The van der Waals surface area contributed by atoms with Crippen LogP contribution < -0.4 is 4.74 Å². The minimum atomic E-state index is 0.209. The van der Waals surface area contributed by atoms with Gasteiger partial charge in [-0.2, -0.15) is 0 Å². The zero-order chi connectivity index (χ0) is 10.6. The second-order valence-corrected chi connectivity index (χ2v) is 3.48. The molecule has 0 aliphatic heterocycles. The summed E-state index contributed by atoms with van der Waals surface area (Å²) in [4.78, 5) is 0. The SMILES string of the molecule is C=[C]c1cccc(OC(C)C)c1CC. The lowest BCUT2D eigenvalue weighted by Crippen LogP contribution is -2.08. The van der Waals surface area contributed by atoms with Gasteiger partial charge in [-0.05, 0) is 38.0 Å². The largest absolute Gasteiger partial charge is 0.491 e. The van der Waals surface area contributed by atoms with E-state index in [9.17, 15) is 0 Å². The van der Waals surface area contributed by atoms with Gasteiger partial charge in [-0.15, -0.1) is 0 Å². The molecule has 0 amide bonds. The lowest BCUT2D eigenvalue weighted by Gasteiger charge is -2.14. The van der Waals surface area contributed by atoms with Crippen molar-refractivity contribution in [2.75, 3.05) is 0 Å². The topological polar surface area (TPSA) is 9.23 Å². The number of hydrogen-bond acceptors (Lipinski definition) is 1. The van der Waals surface area contributed by atoms with Gasteiger partial charge >= 0.3 is 0 Å². The molecule has 14 heavy (non-hydrogen) atoms. The molecule has 0 fully saturated rings. The predicted molar refractivity (Wildman–Crippen MR) is 59.6 cm³/mol. The van der Waals surface area contributed by atoms with Gasteiger partial charge in [0.1, 0.15) is 5.75 Å². The van der Waals surface area contributed by atoms with Gasteiger partial charge in [0.15, 0.2) is 0 Å². The summed E-state index contributed by atoms with van der Waals surface area (Å²) >= 11 is 0. The highest BCUT2D eigenvalue weighted by Crippen LogP contribution is 2.24. The highest BCUT2D eigenvalue weighted by Gasteiger charge is 2.06. The fourth-order valence-corrected chi connectivity index (χ4v) is 1.46. The van der Waals surface area contributed by atoms with Gasteiger partial charge in [0.25, 0.3) is 0 Å². The Kier molecular flexibility index (Phi) is 3.75. The fourth-order valence-electron chi connectivity index (χ4n) is 1.46. The van der Waals surface area contributed by atoms with Crippen molar-refractivity contribution in [2.24, 2.45) is 0 Å². The molecule has 0 aliphatic carbocycles. The van der Waals surface area contributed by atoms with Gasteiger partial charge in [0.05, 0.1) is 6.10 Å². The molecule has 1 heteroatoms. The van der Waals surface area contributed by atoms with Crippen LogP contribution in [0.1, 0.15) is 31.9 Å². The summed E-state index contributed by atoms with van der Waals surface area (Å²) in [6.07, 6.45) is 4.08. The highest BCUT2D eigenvalue weighted by molar-refractivity contribution is 5.43. The molecule has 1 nitrogen and oxygen atoms in total. The number of rotatable bonds is 4. The normalized spacial score (nSPS) is 10.3. The molecule has 0 saturated heterocycles. The first-order chi connectivity index (χ1) is 6.69. The van der Waals surface area contributed by atoms with Crippen LogP contribution in [-0.2, 0) is 6.42 Å². The smallest absolute Gasteiger partial charge is 0.123 e. The van der Waals surface area contributed by atoms with Gasteiger partial charge < -0.3 is 4.74 Å². The zero-order valence-corrected chi connectivity index (χ0v) is 9.13. The third kappa shape index (κ3) is 2.38. The van der Waals surface area contributed by atoms with Crippen LogP contribution in [0.3, 0.4) is 0 Å². The Morgan fingerprint density at radius 1 is 1.43 bits per heavy atom. The summed E-state index contributed by atoms with van der Waals surface area (Å²) in [7, 11) is 0. The summed E-state index contributed by atoms with van der Waals surface area (Å²) < 4.78 is 5.71. The summed E-state index contributed by atoms with van der Waals surface area (Å²) in [6, 6.07) is 5.99. The first-order valence-electron chi connectivity index (χ1n) is 5.00. The monoisotopic (exact) mass is 189 g/mol. The van der Waals surface area contributed by atoms with Gasteiger partial charge in [-0.1, -0.05) is 25.6 Å². The average Bonchev–Trinajstić information content (AvgIpc) is 2.16. The van der Waals surface area contributed by atoms with Crippen LogP contribution in [0.2, 0.25) is 0 Å². The molecule has 0 heterocycles. The van der Waals surface area contributed by atoms with E-state index in [2.05, 4.69) is 19.6 Å². The van der Waals surface area contributed by atoms with Crippen LogP contribution in [0.25, 0.3) is 0 Å². The van der Waals surface area contributed by atoms with Crippen LogP contribution in [-0.4, -0.2) is 6.10 Å². The summed E-state index contributed by atoms with van der Waals surface area (Å²) in [5.41, 5.74) is 2.24. The maximum Gasteiger partial charge on any atom is 0.123 e. The Hall–Kier alpha value is -1.24. The van der Waals surface area contributed by atoms with Crippen molar-refractivity contribution in [2.45, 2.75) is 33.3 Å². The van der Waals surface area contributed by atoms with Gasteiger partial charge in [0.2, 0.25) is 0 Å². The van der Waals surface area contributed by atoms with Crippen LogP contribution in [0.5, 0.6) is 5.75 Å². The van der Waals surface area contributed by atoms with Crippen LogP contribution >= 0.6 is 0 Å². The van der Waals surface area contributed by atoms with Crippen molar-refractivity contribution in [1.82, 2.24) is 0 Å². The van der Waals surface area contributed by atoms with Crippen molar-refractivity contribution in [3.05, 3.63) is 42.0 Å². The van der Waals surface area contributed by atoms with E-state index < -0.39 is 0 Å². The van der Waals surface area contributed by atoms with Crippen molar-refractivity contribution in [3.8, 4) is 5.75 Å². The van der Waals surface area contributed by atoms with E-state index in [0.717, 1.165) is 17.7 Å². The molecule has 75 valence electrons. The molecule has 1 rings (SSSR count). The predicted octanol–water partition coefficient (Wildman–Crippen LogP) is 3.37. The minimum Gasteiger partial charge on any atom is -0.491 e. The Morgan fingerprint density at radius 2 is 2.14 bits per heavy atom. The van der Waals surface area contributed by atoms with E-state index >= 15 is 0 Å². The van der Waals surface area contributed by atoms with Crippen molar-refractivity contribution in [1.29, 1.82) is 0 Å². The van der Waals surface area contributed by atoms with Crippen LogP contribution in [0.15, 0.2) is 24.8 Å². The Bertz CT molecular complexity index is 313. The molecule has 0 bridgehead atoms. The van der Waals surface area contributed by atoms with Gasteiger partial charge in [-0.25, -0.2) is 0 Å². The Labute approximate surface area is 86.4 Å². The van der Waals surface area contributed by atoms with Crippen LogP contribution in [0, 0.1) is 6.08 Å². The number of ether oxygens (including phenoxy) is 1. The molecule has 0 unspecified atom stereocenters. The third-order valence-corrected chi connectivity index (χ3v) is 2.04. The molecule has 0 spiro atoms. The van der Waals surface area contributed by atoms with E-state index in [4.69, 9.17) is 4.74 Å². The van der Waals surface area contributed by atoms with E-state index in [-0.39, 0.29) is 6.10 Å². The average molecular weight is 189 g/mol. The molecule has 0 N–H and O–H groups in total. The Morgan fingerprint density at radius 3 is 2.64 bits per heavy atom. The quantitative estimate of drug-likeness (QED) is 0.705. The van der Waals surface area contributed by atoms with E-state index in [1.54, 1.807) is 0 Å². The van der Waals surface area contributed by atoms with Crippen molar-refractivity contribution < 1.29 is 4.74 Å². The zero-order valence-electron chi connectivity index (χ0n) is 9.13. The van der Waals surface area contributed by atoms with Gasteiger partial charge in [-0.3, -0.25) is 0 Å². The van der Waals surface area contributed by atoms with E-state index in [1.165, 1.54) is 5.56 Å². The first kappa shape index (κ1) is 10.8. The summed E-state index contributed by atoms with van der Waals surface area (Å²) in [5.74, 6) is 0.955.